The Morgan fingerprint density at radius 2 is 1.66 bits per heavy atom. The molecule has 3 saturated heterocycles. The van der Waals surface area contributed by atoms with E-state index in [1.807, 2.05) is 6.07 Å². The number of rotatable bonds is 4. The van der Waals surface area contributed by atoms with Gasteiger partial charge in [-0.3, -0.25) is 39.1 Å². The van der Waals surface area contributed by atoms with Gasteiger partial charge in [0.2, 0.25) is 11.8 Å². The second-order valence-electron chi connectivity index (χ2n) is 8.88. The number of carboxylic acid groups (broad SMARTS) is 1. The quantitative estimate of drug-likeness (QED) is 0.630. The normalized spacial score (nSPS) is 25.1. The summed E-state index contributed by atoms with van der Waals surface area (Å²) < 4.78 is 0. The fourth-order valence-corrected chi connectivity index (χ4v) is 5.11. The first-order valence-electron chi connectivity index (χ1n) is 10.9. The number of hydrogen-bond acceptors (Lipinski definition) is 7. The number of amides is 4. The number of likely N-dealkylation sites (tertiary alicyclic amines) is 1. The predicted molar refractivity (Wildman–Crippen MR) is 111 cm³/mol. The first kappa shape index (κ1) is 20.6. The summed E-state index contributed by atoms with van der Waals surface area (Å²) in [5.74, 6) is -3.02. The topological polar surface area (TPSA) is 127 Å². The van der Waals surface area contributed by atoms with E-state index < -0.39 is 35.6 Å². The Kier molecular flexibility index (Phi) is 4.96. The molecule has 3 fully saturated rings. The molecule has 4 aliphatic heterocycles. The summed E-state index contributed by atoms with van der Waals surface area (Å²) in [5, 5.41) is 11.3. The van der Waals surface area contributed by atoms with Gasteiger partial charge in [-0.1, -0.05) is 0 Å². The Morgan fingerprint density at radius 1 is 0.969 bits per heavy atom. The lowest BCUT2D eigenvalue weighted by atomic mass is 9.93. The van der Waals surface area contributed by atoms with Crippen LogP contribution >= 0.6 is 0 Å². The van der Waals surface area contributed by atoms with Crippen molar-refractivity contribution in [1.82, 2.24) is 15.1 Å². The molecular formula is C22H24N4O6. The minimum Gasteiger partial charge on any atom is -0.481 e. The average molecular weight is 440 g/mol. The van der Waals surface area contributed by atoms with Crippen molar-refractivity contribution in [3.63, 3.8) is 0 Å². The van der Waals surface area contributed by atoms with E-state index >= 15 is 0 Å². The maximum Gasteiger partial charge on any atom is 0.309 e. The number of imide groups is 2. The van der Waals surface area contributed by atoms with Gasteiger partial charge in [-0.15, -0.1) is 0 Å². The van der Waals surface area contributed by atoms with E-state index in [-0.39, 0.29) is 29.9 Å². The van der Waals surface area contributed by atoms with Crippen molar-refractivity contribution in [3.8, 4) is 0 Å². The summed E-state index contributed by atoms with van der Waals surface area (Å²) in [4.78, 5) is 65.8. The molecule has 1 atom stereocenters. The number of nitrogens with zero attached hydrogens (tertiary/aromatic N) is 3. The highest BCUT2D eigenvalue weighted by atomic mass is 16.4. The Bertz CT molecular complexity index is 1030. The molecule has 2 N–H and O–H groups in total. The predicted octanol–water partition coefficient (Wildman–Crippen LogP) is 0.0730. The third-order valence-corrected chi connectivity index (χ3v) is 7.03. The number of aliphatic carboxylic acids is 1. The molecule has 10 nitrogen and oxygen atoms in total. The third kappa shape index (κ3) is 3.35. The fraction of sp³-hybridized carbons (Fsp3) is 0.500. The fourth-order valence-electron chi connectivity index (χ4n) is 5.11. The summed E-state index contributed by atoms with van der Waals surface area (Å²) in [5.41, 5.74) is 1.41. The molecule has 0 bridgehead atoms. The van der Waals surface area contributed by atoms with Crippen molar-refractivity contribution < 1.29 is 29.1 Å². The van der Waals surface area contributed by atoms with Crippen molar-refractivity contribution in [2.24, 2.45) is 5.92 Å². The van der Waals surface area contributed by atoms with E-state index in [4.69, 9.17) is 5.11 Å². The largest absolute Gasteiger partial charge is 0.481 e. The van der Waals surface area contributed by atoms with E-state index in [0.29, 0.717) is 19.1 Å². The summed E-state index contributed by atoms with van der Waals surface area (Å²) in [6, 6.07) is 4.57. The van der Waals surface area contributed by atoms with E-state index in [9.17, 15) is 24.0 Å². The molecule has 32 heavy (non-hydrogen) atoms. The van der Waals surface area contributed by atoms with E-state index in [0.717, 1.165) is 36.5 Å². The first-order valence-corrected chi connectivity index (χ1v) is 10.9. The molecule has 10 heteroatoms. The van der Waals surface area contributed by atoms with Crippen LogP contribution in [0.4, 0.5) is 5.69 Å². The van der Waals surface area contributed by atoms with Gasteiger partial charge in [0, 0.05) is 44.3 Å². The molecule has 1 aromatic rings. The molecule has 0 radical (unpaired) electrons. The number of nitrogens with one attached hydrogen (secondary N) is 1. The van der Waals surface area contributed by atoms with Gasteiger partial charge in [0.1, 0.15) is 6.04 Å². The zero-order chi connectivity index (χ0) is 22.6. The van der Waals surface area contributed by atoms with Crippen LogP contribution in [-0.4, -0.2) is 82.8 Å². The smallest absolute Gasteiger partial charge is 0.309 e. The number of benzene rings is 1. The molecule has 1 aromatic carbocycles. The summed E-state index contributed by atoms with van der Waals surface area (Å²) >= 11 is 0. The van der Waals surface area contributed by atoms with Gasteiger partial charge in [-0.2, -0.15) is 0 Å². The summed E-state index contributed by atoms with van der Waals surface area (Å²) in [7, 11) is 0. The molecule has 0 aliphatic carbocycles. The van der Waals surface area contributed by atoms with Crippen LogP contribution in [0.3, 0.4) is 0 Å². The third-order valence-electron chi connectivity index (χ3n) is 7.03. The Morgan fingerprint density at radius 3 is 2.31 bits per heavy atom. The Labute approximate surface area is 184 Å². The van der Waals surface area contributed by atoms with Gasteiger partial charge in [-0.05, 0) is 37.5 Å². The number of carbonyl (C=O) groups excluding carboxylic acids is 4. The molecule has 5 rings (SSSR count). The lowest BCUT2D eigenvalue weighted by molar-refractivity contribution is -0.149. The Hall–Kier alpha value is -3.27. The lowest BCUT2D eigenvalue weighted by Gasteiger charge is -2.46. The maximum absolute atomic E-state index is 13.0. The van der Waals surface area contributed by atoms with E-state index in [2.05, 4.69) is 15.1 Å². The standard InChI is InChI=1S/C22H24N4O6/c27-18-4-3-17(19(28)23-18)26-20(29)15-2-1-14(9-16(15)21(26)30)24-7-5-13(6-8-24)25-10-12(11-25)22(31)32/h1-2,9,12-13,17H,3-8,10-11H2,(H,31,32)(H,23,27,28). The second kappa shape index (κ2) is 7.70. The van der Waals surface area contributed by atoms with Crippen LogP contribution in [0.5, 0.6) is 0 Å². The molecule has 4 amide bonds. The number of hydrogen-bond donors (Lipinski definition) is 2. The van der Waals surface area contributed by atoms with Crippen molar-refractivity contribution in [1.29, 1.82) is 0 Å². The van der Waals surface area contributed by atoms with Crippen LogP contribution in [0, 0.1) is 5.92 Å². The zero-order valence-corrected chi connectivity index (χ0v) is 17.5. The van der Waals surface area contributed by atoms with Crippen molar-refractivity contribution in [3.05, 3.63) is 29.3 Å². The number of fused-ring (bicyclic) bond motifs is 1. The highest BCUT2D eigenvalue weighted by molar-refractivity contribution is 6.23. The number of piperidine rings is 2. The van der Waals surface area contributed by atoms with Gasteiger partial charge < -0.3 is 10.0 Å². The van der Waals surface area contributed by atoms with Crippen LogP contribution < -0.4 is 10.2 Å². The van der Waals surface area contributed by atoms with Crippen molar-refractivity contribution in [2.45, 2.75) is 37.8 Å². The number of anilines is 1. The molecule has 1 unspecified atom stereocenters. The zero-order valence-electron chi connectivity index (χ0n) is 17.5. The molecule has 168 valence electrons. The van der Waals surface area contributed by atoms with Gasteiger partial charge in [0.05, 0.1) is 17.0 Å². The second-order valence-corrected chi connectivity index (χ2v) is 8.88. The molecule has 0 aromatic heterocycles. The van der Waals surface area contributed by atoms with Gasteiger partial charge in [0.15, 0.2) is 0 Å². The van der Waals surface area contributed by atoms with E-state index in [1.165, 1.54) is 0 Å². The summed E-state index contributed by atoms with van der Waals surface area (Å²) in [6.07, 6.45) is 2.03. The van der Waals surface area contributed by atoms with Gasteiger partial charge in [0.25, 0.3) is 11.8 Å². The van der Waals surface area contributed by atoms with Crippen LogP contribution in [0.15, 0.2) is 18.2 Å². The minimum absolute atomic E-state index is 0.0915. The van der Waals surface area contributed by atoms with Crippen LogP contribution in [0.2, 0.25) is 0 Å². The minimum atomic E-state index is -0.967. The average Bonchev–Trinajstić information content (AvgIpc) is 2.97. The SMILES string of the molecule is O=C1CCC(N2C(=O)c3ccc(N4CCC(N5CC(C(=O)O)C5)CC4)cc3C2=O)C(=O)N1. The van der Waals surface area contributed by atoms with Gasteiger partial charge >= 0.3 is 5.97 Å². The molecule has 0 spiro atoms. The molecule has 4 aliphatic rings. The first-order chi connectivity index (χ1) is 15.3. The van der Waals surface area contributed by atoms with Crippen LogP contribution in [0.1, 0.15) is 46.4 Å². The highest BCUT2D eigenvalue weighted by Crippen LogP contribution is 2.32. The lowest BCUT2D eigenvalue weighted by Crippen LogP contribution is -2.57. The molecular weight excluding hydrogens is 416 g/mol. The highest BCUT2D eigenvalue weighted by Gasteiger charge is 2.45. The summed E-state index contributed by atoms with van der Waals surface area (Å²) in [6.45, 7) is 2.75. The molecule has 0 saturated carbocycles. The van der Waals surface area contributed by atoms with Gasteiger partial charge in [-0.25, -0.2) is 0 Å². The maximum atomic E-state index is 13.0. The monoisotopic (exact) mass is 440 g/mol. The molecule has 4 heterocycles. The number of carbonyl (C=O) groups is 5. The van der Waals surface area contributed by atoms with Crippen molar-refractivity contribution >= 4 is 35.3 Å². The van der Waals surface area contributed by atoms with Crippen molar-refractivity contribution in [2.75, 3.05) is 31.1 Å². The van der Waals surface area contributed by atoms with Crippen LogP contribution in [0.25, 0.3) is 0 Å². The van der Waals surface area contributed by atoms with Crippen LogP contribution in [-0.2, 0) is 14.4 Å². The Balaban J connectivity index is 1.26. The number of carboxylic acids is 1. The van der Waals surface area contributed by atoms with E-state index in [1.54, 1.807) is 12.1 Å².